The molecule has 1 aliphatic rings. The first kappa shape index (κ1) is 12.6. The third-order valence-corrected chi connectivity index (χ3v) is 1.03. The standard InChI is InChI=1S/C3H4N2S2.2Li/c6-2-1-3(7)5-4-2;;/h1H2,(H,4,6)(H,5,7);;/q;2*+1/p-2. The van der Waals surface area contributed by atoms with Gasteiger partial charge in [-0.2, -0.15) is 10.2 Å². The molecule has 0 atom stereocenters. The first-order valence-electron chi connectivity index (χ1n) is 1.76. The van der Waals surface area contributed by atoms with E-state index in [9.17, 15) is 0 Å². The zero-order valence-electron chi connectivity index (χ0n) is 5.42. The summed E-state index contributed by atoms with van der Waals surface area (Å²) in [4.78, 5) is 0. The Kier molecular flexibility index (Phi) is 8.05. The molecule has 0 unspecified atom stereocenters. The van der Waals surface area contributed by atoms with Crippen molar-refractivity contribution >= 4 is 35.3 Å². The van der Waals surface area contributed by atoms with Gasteiger partial charge in [-0.15, -0.1) is 0 Å². The molecule has 0 saturated carbocycles. The fourth-order valence-electron chi connectivity index (χ4n) is 0.312. The van der Waals surface area contributed by atoms with E-state index in [0.29, 0.717) is 16.5 Å². The van der Waals surface area contributed by atoms with Crippen LogP contribution in [0.15, 0.2) is 10.2 Å². The molecule has 0 aliphatic carbocycles. The zero-order chi connectivity index (χ0) is 5.28. The Bertz CT molecular complexity index is 129. The maximum Gasteiger partial charge on any atom is 1.00 e. The molecule has 6 heteroatoms. The Hall–Kier alpha value is 0.975. The first-order chi connectivity index (χ1) is 3.29. The van der Waals surface area contributed by atoms with Crippen LogP contribution < -0.4 is 37.7 Å². The topological polar surface area (TPSA) is 24.7 Å². The van der Waals surface area contributed by atoms with Crippen molar-refractivity contribution in [3.63, 3.8) is 0 Å². The largest absolute Gasteiger partial charge is 1.00 e. The van der Waals surface area contributed by atoms with Gasteiger partial charge in [0.2, 0.25) is 0 Å². The molecule has 38 valence electrons. The third-order valence-electron chi connectivity index (χ3n) is 0.576. The molecule has 2 nitrogen and oxygen atoms in total. The summed E-state index contributed by atoms with van der Waals surface area (Å²) in [6.07, 6.45) is 0.602. The monoisotopic (exact) mass is 144 g/mol. The molecule has 1 heterocycles. The van der Waals surface area contributed by atoms with Crippen LogP contribution >= 0.6 is 0 Å². The van der Waals surface area contributed by atoms with Crippen molar-refractivity contribution in [2.75, 3.05) is 0 Å². The average molecular weight is 144 g/mol. The summed E-state index contributed by atoms with van der Waals surface area (Å²) in [6.45, 7) is 0. The predicted molar refractivity (Wildman–Crippen MR) is 34.2 cm³/mol. The van der Waals surface area contributed by atoms with Crippen molar-refractivity contribution in [3.8, 4) is 0 Å². The van der Waals surface area contributed by atoms with Crippen LogP contribution in [0, 0.1) is 0 Å². The molecule has 0 N–H and O–H groups in total. The molecule has 0 aromatic rings. The van der Waals surface area contributed by atoms with Gasteiger partial charge in [0.1, 0.15) is 0 Å². The zero-order valence-corrected chi connectivity index (χ0v) is 7.05. The summed E-state index contributed by atoms with van der Waals surface area (Å²) in [7, 11) is 0. The molecule has 0 bridgehead atoms. The van der Waals surface area contributed by atoms with Crippen molar-refractivity contribution in [2.45, 2.75) is 6.42 Å². The van der Waals surface area contributed by atoms with E-state index < -0.39 is 0 Å². The van der Waals surface area contributed by atoms with E-state index in [1.165, 1.54) is 0 Å². The fourth-order valence-corrected chi connectivity index (χ4v) is 0.758. The summed E-state index contributed by atoms with van der Waals surface area (Å²) in [5.74, 6) is 0. The van der Waals surface area contributed by atoms with Crippen LogP contribution in [0.4, 0.5) is 0 Å². The number of rotatable bonds is 0. The predicted octanol–water partition coefficient (Wildman–Crippen LogP) is -5.80. The van der Waals surface area contributed by atoms with Gasteiger partial charge in [0.25, 0.3) is 0 Å². The minimum absolute atomic E-state index is 0. The van der Waals surface area contributed by atoms with Crippen LogP contribution in [0.3, 0.4) is 0 Å². The molecule has 0 fully saturated rings. The molecule has 0 spiro atoms. The van der Waals surface area contributed by atoms with Crippen LogP contribution in [0.1, 0.15) is 6.42 Å². The Labute approximate surface area is 89.1 Å². The van der Waals surface area contributed by atoms with Gasteiger partial charge in [-0.3, -0.25) is 0 Å². The van der Waals surface area contributed by atoms with Gasteiger partial charge in [0.05, 0.1) is 0 Å². The molecule has 0 aromatic carbocycles. The van der Waals surface area contributed by atoms with Crippen molar-refractivity contribution < 1.29 is 37.7 Å². The van der Waals surface area contributed by atoms with Gasteiger partial charge in [-0.05, 0) is 6.42 Å². The van der Waals surface area contributed by atoms with Crippen molar-refractivity contribution in [1.82, 2.24) is 0 Å². The summed E-state index contributed by atoms with van der Waals surface area (Å²) in [6, 6.07) is 0. The summed E-state index contributed by atoms with van der Waals surface area (Å²) >= 11 is 9.30. The van der Waals surface area contributed by atoms with Crippen molar-refractivity contribution in [3.05, 3.63) is 0 Å². The minimum Gasteiger partial charge on any atom is -0.762 e. The van der Waals surface area contributed by atoms with Crippen LogP contribution in [-0.2, 0) is 25.3 Å². The third kappa shape index (κ3) is 4.39. The second-order valence-corrected chi connectivity index (χ2v) is 2.11. The van der Waals surface area contributed by atoms with Gasteiger partial charge in [0, 0.05) is 0 Å². The molecule has 0 radical (unpaired) electrons. The summed E-state index contributed by atoms with van der Waals surface area (Å²) in [5.41, 5.74) is 0. The van der Waals surface area contributed by atoms with E-state index in [0.717, 1.165) is 0 Å². The summed E-state index contributed by atoms with van der Waals surface area (Å²) < 4.78 is 0. The van der Waals surface area contributed by atoms with Crippen LogP contribution in [0.25, 0.3) is 0 Å². The molecule has 0 amide bonds. The molecule has 1 rings (SSSR count). The van der Waals surface area contributed by atoms with Gasteiger partial charge >= 0.3 is 37.7 Å². The second kappa shape index (κ2) is 5.74. The van der Waals surface area contributed by atoms with Crippen molar-refractivity contribution in [2.24, 2.45) is 10.2 Å². The van der Waals surface area contributed by atoms with E-state index in [4.69, 9.17) is 0 Å². The smallest absolute Gasteiger partial charge is 0.762 e. The number of nitrogens with zero attached hydrogens (tertiary/aromatic N) is 2. The van der Waals surface area contributed by atoms with Gasteiger partial charge in [0.15, 0.2) is 0 Å². The van der Waals surface area contributed by atoms with Gasteiger partial charge < -0.3 is 25.3 Å². The normalized spacial score (nSPS) is 14.7. The van der Waals surface area contributed by atoms with E-state index >= 15 is 0 Å². The molecule has 1 aliphatic heterocycles. The van der Waals surface area contributed by atoms with E-state index in [-0.39, 0.29) is 37.7 Å². The quantitative estimate of drug-likeness (QED) is 0.250. The average Bonchev–Trinajstić information content (AvgIpc) is 1.87. The summed E-state index contributed by atoms with van der Waals surface area (Å²) in [5, 5.41) is 8.27. The van der Waals surface area contributed by atoms with E-state index in [2.05, 4.69) is 35.5 Å². The van der Waals surface area contributed by atoms with Crippen molar-refractivity contribution in [1.29, 1.82) is 0 Å². The van der Waals surface area contributed by atoms with E-state index in [1.807, 2.05) is 0 Å². The maximum atomic E-state index is 4.65. The molecular formula is C3H2Li2N2S2. The maximum absolute atomic E-state index is 4.65. The Morgan fingerprint density at radius 1 is 1.00 bits per heavy atom. The molecule has 9 heavy (non-hydrogen) atoms. The minimum atomic E-state index is 0. The molecular weight excluding hydrogens is 142 g/mol. The fraction of sp³-hybridized carbons (Fsp3) is 0.333. The second-order valence-electron chi connectivity index (χ2n) is 1.16. The SMILES string of the molecule is [Li+].[Li+].[S-]C1=NN=C([S-])C1. The molecule has 0 aromatic heterocycles. The van der Waals surface area contributed by atoms with E-state index in [1.54, 1.807) is 0 Å². The first-order valence-corrected chi connectivity index (χ1v) is 2.58. The van der Waals surface area contributed by atoms with Crippen LogP contribution in [-0.4, -0.2) is 10.1 Å². The Balaban J connectivity index is 0. The van der Waals surface area contributed by atoms with Gasteiger partial charge in [-0.1, -0.05) is 10.1 Å². The van der Waals surface area contributed by atoms with Crippen LogP contribution in [0.5, 0.6) is 0 Å². The van der Waals surface area contributed by atoms with Gasteiger partial charge in [-0.25, -0.2) is 0 Å². The number of hydrogen-bond donors (Lipinski definition) is 0. The Morgan fingerprint density at radius 3 is 1.44 bits per heavy atom. The molecule has 0 saturated heterocycles. The van der Waals surface area contributed by atoms with Crippen LogP contribution in [0.2, 0.25) is 0 Å². The number of hydrogen-bond acceptors (Lipinski definition) is 4. The Morgan fingerprint density at radius 2 is 1.33 bits per heavy atom.